The van der Waals surface area contributed by atoms with E-state index in [1.165, 1.54) is 0 Å². The minimum atomic E-state index is 0.641. The van der Waals surface area contributed by atoms with Crippen molar-refractivity contribution in [2.45, 2.75) is 6.92 Å². The molecule has 2 heterocycles. The predicted octanol–water partition coefficient (Wildman–Crippen LogP) is 1.99. The number of anilines is 1. The van der Waals surface area contributed by atoms with E-state index in [1.54, 1.807) is 18.0 Å². The lowest BCUT2D eigenvalue weighted by atomic mass is 10.4. The summed E-state index contributed by atoms with van der Waals surface area (Å²) in [5, 5.41) is 4.18. The molecule has 1 aliphatic rings. The first-order valence-electron chi connectivity index (χ1n) is 4.91. The molecule has 1 aromatic heterocycles. The number of aliphatic imine (C=N–C) groups is 1. The third-order valence-electron chi connectivity index (χ3n) is 1.87. The van der Waals surface area contributed by atoms with Gasteiger partial charge >= 0.3 is 0 Å². The first-order valence-corrected chi connectivity index (χ1v) is 5.90. The Kier molecular flexibility index (Phi) is 3.45. The minimum absolute atomic E-state index is 0.641. The Balaban J connectivity index is 1.97. The number of aromatic nitrogens is 1. The lowest BCUT2D eigenvalue weighted by Crippen LogP contribution is -2.05. The smallest absolute Gasteiger partial charge is 0.213 e. The molecule has 80 valence electrons. The maximum Gasteiger partial charge on any atom is 0.213 e. The zero-order valence-corrected chi connectivity index (χ0v) is 9.38. The number of pyridine rings is 1. The van der Waals surface area contributed by atoms with E-state index < -0.39 is 0 Å². The second-order valence-corrected chi connectivity index (χ2v) is 4.06. The molecule has 0 fully saturated rings. The van der Waals surface area contributed by atoms with Gasteiger partial charge in [-0.2, -0.15) is 0 Å². The van der Waals surface area contributed by atoms with E-state index in [4.69, 9.17) is 4.74 Å². The van der Waals surface area contributed by atoms with Gasteiger partial charge in [-0.05, 0) is 13.0 Å². The van der Waals surface area contributed by atoms with Crippen LogP contribution in [0.2, 0.25) is 0 Å². The van der Waals surface area contributed by atoms with Crippen molar-refractivity contribution >= 4 is 22.6 Å². The van der Waals surface area contributed by atoms with Crippen LogP contribution in [0.4, 0.5) is 5.69 Å². The van der Waals surface area contributed by atoms with Gasteiger partial charge in [0.15, 0.2) is 5.17 Å². The zero-order chi connectivity index (χ0) is 10.5. The molecular formula is C10H13N3OS. The average molecular weight is 223 g/mol. The number of hydrogen-bond acceptors (Lipinski definition) is 5. The van der Waals surface area contributed by atoms with E-state index in [0.29, 0.717) is 12.5 Å². The molecule has 1 aromatic rings. The van der Waals surface area contributed by atoms with Crippen LogP contribution in [-0.4, -0.2) is 29.1 Å². The van der Waals surface area contributed by atoms with Gasteiger partial charge in [0, 0.05) is 11.8 Å². The molecule has 15 heavy (non-hydrogen) atoms. The van der Waals surface area contributed by atoms with Crippen LogP contribution in [-0.2, 0) is 0 Å². The van der Waals surface area contributed by atoms with Crippen LogP contribution in [0, 0.1) is 0 Å². The fraction of sp³-hybridized carbons (Fsp3) is 0.400. The highest BCUT2D eigenvalue weighted by molar-refractivity contribution is 8.14. The second kappa shape index (κ2) is 5.02. The fourth-order valence-electron chi connectivity index (χ4n) is 1.22. The Hall–Kier alpha value is -1.23. The number of ether oxygens (including phenoxy) is 1. The molecule has 0 aliphatic carbocycles. The standard InChI is InChI=1S/C10H13N3OS/c1-2-14-9-4-3-8(7-12-9)13-10-11-5-6-15-10/h3-4,7H,2,5-6H2,1H3,(H,11,13). The van der Waals surface area contributed by atoms with Crippen LogP contribution in [0.3, 0.4) is 0 Å². The quantitative estimate of drug-likeness (QED) is 0.851. The Labute approximate surface area is 93.2 Å². The van der Waals surface area contributed by atoms with Crippen molar-refractivity contribution in [3.8, 4) is 5.88 Å². The van der Waals surface area contributed by atoms with Gasteiger partial charge in [0.05, 0.1) is 25.0 Å². The summed E-state index contributed by atoms with van der Waals surface area (Å²) in [4.78, 5) is 8.46. The first-order chi connectivity index (χ1) is 7.38. The maximum atomic E-state index is 5.26. The van der Waals surface area contributed by atoms with Gasteiger partial charge in [0.25, 0.3) is 0 Å². The van der Waals surface area contributed by atoms with E-state index in [2.05, 4.69) is 15.3 Å². The Bertz CT molecular complexity index is 350. The fourth-order valence-corrected chi connectivity index (χ4v) is 1.97. The molecule has 0 bridgehead atoms. The summed E-state index contributed by atoms with van der Waals surface area (Å²) in [5.41, 5.74) is 0.951. The van der Waals surface area contributed by atoms with Crippen molar-refractivity contribution in [3.63, 3.8) is 0 Å². The van der Waals surface area contributed by atoms with Crippen molar-refractivity contribution < 1.29 is 4.74 Å². The molecule has 2 rings (SSSR count). The third kappa shape index (κ3) is 2.86. The van der Waals surface area contributed by atoms with E-state index in [0.717, 1.165) is 23.2 Å². The predicted molar refractivity (Wildman–Crippen MR) is 63.8 cm³/mol. The molecule has 4 nitrogen and oxygen atoms in total. The highest BCUT2D eigenvalue weighted by atomic mass is 32.2. The van der Waals surface area contributed by atoms with Gasteiger partial charge in [-0.3, -0.25) is 4.99 Å². The van der Waals surface area contributed by atoms with Crippen molar-refractivity contribution in [2.24, 2.45) is 4.99 Å². The lowest BCUT2D eigenvalue weighted by molar-refractivity contribution is 0.327. The highest BCUT2D eigenvalue weighted by Gasteiger charge is 2.06. The number of nitrogens with zero attached hydrogens (tertiary/aromatic N) is 2. The molecule has 0 unspecified atom stereocenters. The van der Waals surface area contributed by atoms with Gasteiger partial charge in [-0.1, -0.05) is 11.8 Å². The summed E-state index contributed by atoms with van der Waals surface area (Å²) in [6.45, 7) is 3.48. The Morgan fingerprint density at radius 2 is 2.47 bits per heavy atom. The SMILES string of the molecule is CCOc1ccc(NC2=NCCS2)cn1. The Morgan fingerprint density at radius 1 is 1.53 bits per heavy atom. The van der Waals surface area contributed by atoms with Crippen LogP contribution >= 0.6 is 11.8 Å². The van der Waals surface area contributed by atoms with Crippen LogP contribution in [0.15, 0.2) is 23.3 Å². The van der Waals surface area contributed by atoms with E-state index >= 15 is 0 Å². The minimum Gasteiger partial charge on any atom is -0.478 e. The summed E-state index contributed by atoms with van der Waals surface area (Å²) >= 11 is 1.73. The molecule has 0 saturated carbocycles. The molecule has 5 heteroatoms. The normalized spacial score (nSPS) is 14.9. The van der Waals surface area contributed by atoms with Crippen LogP contribution in [0.1, 0.15) is 6.92 Å². The van der Waals surface area contributed by atoms with Crippen molar-refractivity contribution in [1.29, 1.82) is 0 Å². The molecule has 0 spiro atoms. The van der Waals surface area contributed by atoms with Crippen LogP contribution in [0.5, 0.6) is 5.88 Å². The van der Waals surface area contributed by atoms with E-state index in [1.807, 2.05) is 19.1 Å². The van der Waals surface area contributed by atoms with Crippen molar-refractivity contribution in [3.05, 3.63) is 18.3 Å². The Morgan fingerprint density at radius 3 is 3.07 bits per heavy atom. The molecule has 1 N–H and O–H groups in total. The molecule has 1 aliphatic heterocycles. The van der Waals surface area contributed by atoms with Gasteiger partial charge in [0.1, 0.15) is 0 Å². The second-order valence-electron chi connectivity index (χ2n) is 2.98. The number of thioether (sulfide) groups is 1. The zero-order valence-electron chi connectivity index (χ0n) is 8.56. The first kappa shape index (κ1) is 10.3. The molecule has 0 atom stereocenters. The molecule has 0 amide bonds. The highest BCUT2D eigenvalue weighted by Crippen LogP contribution is 2.16. The summed E-state index contributed by atoms with van der Waals surface area (Å²) in [7, 11) is 0. The number of amidine groups is 1. The molecular weight excluding hydrogens is 210 g/mol. The summed E-state index contributed by atoms with van der Waals surface area (Å²) in [6.07, 6.45) is 1.76. The number of hydrogen-bond donors (Lipinski definition) is 1. The van der Waals surface area contributed by atoms with Crippen molar-refractivity contribution in [1.82, 2.24) is 4.98 Å². The molecule has 0 saturated heterocycles. The maximum absolute atomic E-state index is 5.26. The van der Waals surface area contributed by atoms with Gasteiger partial charge in [0.2, 0.25) is 5.88 Å². The van der Waals surface area contributed by atoms with E-state index in [-0.39, 0.29) is 0 Å². The van der Waals surface area contributed by atoms with Gasteiger partial charge in [-0.25, -0.2) is 4.98 Å². The van der Waals surface area contributed by atoms with Crippen LogP contribution in [0.25, 0.3) is 0 Å². The number of nitrogens with one attached hydrogen (secondary N) is 1. The van der Waals surface area contributed by atoms with E-state index in [9.17, 15) is 0 Å². The van der Waals surface area contributed by atoms with Gasteiger partial charge in [-0.15, -0.1) is 0 Å². The summed E-state index contributed by atoms with van der Waals surface area (Å²) in [6, 6.07) is 3.80. The molecule has 0 aromatic carbocycles. The van der Waals surface area contributed by atoms with Crippen LogP contribution < -0.4 is 10.1 Å². The van der Waals surface area contributed by atoms with Gasteiger partial charge < -0.3 is 10.1 Å². The third-order valence-corrected chi connectivity index (χ3v) is 2.76. The largest absolute Gasteiger partial charge is 0.478 e. The summed E-state index contributed by atoms with van der Waals surface area (Å²) < 4.78 is 5.26. The topological polar surface area (TPSA) is 46.5 Å². The van der Waals surface area contributed by atoms with Crippen molar-refractivity contribution in [2.75, 3.05) is 24.2 Å². The summed E-state index contributed by atoms with van der Waals surface area (Å²) in [5.74, 6) is 1.72. The number of rotatable bonds is 3. The monoisotopic (exact) mass is 223 g/mol. The lowest BCUT2D eigenvalue weighted by Gasteiger charge is -2.05. The average Bonchev–Trinajstić information content (AvgIpc) is 2.74. The molecule has 0 radical (unpaired) electrons.